The molecule has 0 aromatic heterocycles. The lowest BCUT2D eigenvalue weighted by Gasteiger charge is -2.51. The Balaban J connectivity index is 1.71. The van der Waals surface area contributed by atoms with Crippen LogP contribution in [0.3, 0.4) is 0 Å². The van der Waals surface area contributed by atoms with Crippen LogP contribution in [0.5, 0.6) is 0 Å². The molecule has 0 bridgehead atoms. The Kier molecular flexibility index (Phi) is 5.21. The summed E-state index contributed by atoms with van der Waals surface area (Å²) in [7, 11) is 1.83. The molecule has 1 saturated heterocycles. The molecule has 2 aliphatic carbocycles. The highest BCUT2D eigenvalue weighted by Gasteiger charge is 2.61. The van der Waals surface area contributed by atoms with Gasteiger partial charge < -0.3 is 20.1 Å². The molecule has 27 heavy (non-hydrogen) atoms. The fourth-order valence-corrected chi connectivity index (χ4v) is 5.48. The molecule has 2 fully saturated rings. The highest BCUT2D eigenvalue weighted by Crippen LogP contribution is 2.58. The lowest BCUT2D eigenvalue weighted by molar-refractivity contribution is -0.177. The number of hydrogen-bond donors (Lipinski definition) is 2. The van der Waals surface area contributed by atoms with Crippen molar-refractivity contribution in [2.24, 2.45) is 11.3 Å². The molecular weight excluding hydrogens is 356 g/mol. The summed E-state index contributed by atoms with van der Waals surface area (Å²) in [6.07, 6.45) is 8.10. The number of thiocarbonyl (C=S) groups is 1. The maximum atomic E-state index is 6.52. The highest BCUT2D eigenvalue weighted by molar-refractivity contribution is 7.80. The predicted molar refractivity (Wildman–Crippen MR) is 112 cm³/mol. The molecule has 0 amide bonds. The maximum Gasteiger partial charge on any atom is 0.175 e. The van der Waals surface area contributed by atoms with Gasteiger partial charge in [0.15, 0.2) is 10.8 Å². The first-order valence-electron chi connectivity index (χ1n) is 10.3. The number of hydrogen-bond acceptors (Lipinski definition) is 3. The van der Waals surface area contributed by atoms with Crippen LogP contribution < -0.4 is 10.6 Å². The van der Waals surface area contributed by atoms with E-state index in [-0.39, 0.29) is 5.41 Å². The van der Waals surface area contributed by atoms with Gasteiger partial charge in [-0.05, 0) is 74.2 Å². The molecule has 4 rings (SSSR count). The zero-order valence-electron chi connectivity index (χ0n) is 16.8. The van der Waals surface area contributed by atoms with Gasteiger partial charge in [0, 0.05) is 18.1 Å². The van der Waals surface area contributed by atoms with Crippen molar-refractivity contribution in [1.29, 1.82) is 0 Å². The van der Waals surface area contributed by atoms with Gasteiger partial charge in [-0.2, -0.15) is 0 Å². The minimum absolute atomic E-state index is 0.0488. The number of benzene rings is 1. The summed E-state index contributed by atoms with van der Waals surface area (Å²) in [6.45, 7) is 5.04. The minimum Gasteiger partial charge on any atom is -0.381 e. The second-order valence-corrected chi connectivity index (χ2v) is 9.33. The van der Waals surface area contributed by atoms with E-state index in [1.54, 1.807) is 0 Å². The molecule has 1 heterocycles. The zero-order valence-corrected chi connectivity index (χ0v) is 17.6. The van der Waals surface area contributed by atoms with E-state index in [1.165, 1.54) is 23.1 Å². The van der Waals surface area contributed by atoms with Crippen molar-refractivity contribution >= 4 is 17.3 Å². The molecule has 1 aromatic rings. The second-order valence-electron chi connectivity index (χ2n) is 8.92. The third kappa shape index (κ3) is 3.28. The number of ether oxygens (including phenoxy) is 2. The highest BCUT2D eigenvalue weighted by atomic mass is 32.1. The molecule has 1 unspecified atom stereocenters. The molecule has 148 valence electrons. The van der Waals surface area contributed by atoms with Gasteiger partial charge in [0.25, 0.3) is 0 Å². The third-order valence-electron chi connectivity index (χ3n) is 6.87. The van der Waals surface area contributed by atoms with Crippen LogP contribution in [0.2, 0.25) is 0 Å². The van der Waals surface area contributed by atoms with Crippen molar-refractivity contribution in [3.8, 4) is 0 Å². The van der Waals surface area contributed by atoms with Crippen molar-refractivity contribution in [1.82, 2.24) is 10.6 Å². The van der Waals surface area contributed by atoms with Crippen LogP contribution in [0, 0.1) is 11.3 Å². The van der Waals surface area contributed by atoms with Gasteiger partial charge in [0.1, 0.15) is 6.73 Å². The maximum absolute atomic E-state index is 6.52. The first kappa shape index (κ1) is 19.2. The first-order valence-corrected chi connectivity index (χ1v) is 10.7. The summed E-state index contributed by atoms with van der Waals surface area (Å²) >= 11 is 5.53. The zero-order chi connectivity index (χ0) is 19.1. The van der Waals surface area contributed by atoms with Crippen LogP contribution in [0.4, 0.5) is 0 Å². The normalized spacial score (nSPS) is 32.6. The molecule has 1 atom stereocenters. The summed E-state index contributed by atoms with van der Waals surface area (Å²) in [6, 6.07) is 7.03. The SMILES string of the molecule is COC1CCC2(CC1)Cc1ccc(CCC(C)C)cc1C21NC(=S)NCO1. The fourth-order valence-electron chi connectivity index (χ4n) is 5.28. The van der Waals surface area contributed by atoms with Crippen molar-refractivity contribution in [3.63, 3.8) is 0 Å². The molecule has 0 radical (unpaired) electrons. The van der Waals surface area contributed by atoms with E-state index in [1.807, 2.05) is 7.11 Å². The van der Waals surface area contributed by atoms with E-state index in [0.29, 0.717) is 23.9 Å². The number of nitrogens with one attached hydrogen (secondary N) is 2. The van der Waals surface area contributed by atoms with E-state index in [9.17, 15) is 0 Å². The van der Waals surface area contributed by atoms with Crippen LogP contribution in [-0.4, -0.2) is 25.1 Å². The van der Waals surface area contributed by atoms with Crippen molar-refractivity contribution < 1.29 is 9.47 Å². The summed E-state index contributed by atoms with van der Waals surface area (Å²) in [5.74, 6) is 0.712. The van der Waals surface area contributed by atoms with Gasteiger partial charge in [0.2, 0.25) is 0 Å². The molecule has 5 heteroatoms. The average Bonchev–Trinajstić information content (AvgIpc) is 2.89. The van der Waals surface area contributed by atoms with Crippen LogP contribution in [0.15, 0.2) is 18.2 Å². The summed E-state index contributed by atoms with van der Waals surface area (Å²) in [5, 5.41) is 7.43. The molecule has 1 aliphatic heterocycles. The summed E-state index contributed by atoms with van der Waals surface area (Å²) < 4.78 is 12.2. The van der Waals surface area contributed by atoms with Crippen LogP contribution in [0.25, 0.3) is 0 Å². The first-order chi connectivity index (χ1) is 13.0. The Morgan fingerprint density at radius 1 is 1.30 bits per heavy atom. The number of fused-ring (bicyclic) bond motifs is 3. The lowest BCUT2D eigenvalue weighted by atomic mass is 9.66. The Hall–Kier alpha value is -1.17. The lowest BCUT2D eigenvalue weighted by Crippen LogP contribution is -2.64. The van der Waals surface area contributed by atoms with E-state index in [2.05, 4.69) is 42.7 Å². The topological polar surface area (TPSA) is 42.5 Å². The van der Waals surface area contributed by atoms with Gasteiger partial charge in [-0.1, -0.05) is 32.0 Å². The van der Waals surface area contributed by atoms with Crippen molar-refractivity contribution in [3.05, 3.63) is 34.9 Å². The molecule has 1 saturated carbocycles. The molecule has 4 nitrogen and oxygen atoms in total. The van der Waals surface area contributed by atoms with Gasteiger partial charge >= 0.3 is 0 Å². The van der Waals surface area contributed by atoms with Gasteiger partial charge in [-0.25, -0.2) is 0 Å². The quantitative estimate of drug-likeness (QED) is 0.763. The summed E-state index contributed by atoms with van der Waals surface area (Å²) in [5.41, 5.74) is 3.67. The average molecular weight is 389 g/mol. The minimum atomic E-state index is -0.503. The van der Waals surface area contributed by atoms with Gasteiger partial charge in [-0.15, -0.1) is 0 Å². The Labute approximate surface area is 168 Å². The molecule has 3 aliphatic rings. The van der Waals surface area contributed by atoms with E-state index in [0.717, 1.165) is 38.5 Å². The standard InChI is InChI=1S/C22H32N2O2S/c1-15(2)4-5-16-6-7-17-13-21(10-8-18(25-3)9-11-21)22(19(17)12-16)24-20(27)23-14-26-22/h6-7,12,15,18H,4-5,8-11,13-14H2,1-3H3,(H2,23,24,27). The van der Waals surface area contributed by atoms with E-state index in [4.69, 9.17) is 21.7 Å². The smallest absolute Gasteiger partial charge is 0.175 e. The van der Waals surface area contributed by atoms with E-state index >= 15 is 0 Å². The van der Waals surface area contributed by atoms with Crippen LogP contribution in [0.1, 0.15) is 62.6 Å². The van der Waals surface area contributed by atoms with Crippen LogP contribution in [-0.2, 0) is 28.0 Å². The molecule has 2 spiro atoms. The summed E-state index contributed by atoms with van der Waals surface area (Å²) in [4.78, 5) is 0. The Morgan fingerprint density at radius 3 is 2.74 bits per heavy atom. The Bertz CT molecular complexity index is 712. The van der Waals surface area contributed by atoms with Crippen molar-refractivity contribution in [2.75, 3.05) is 13.8 Å². The predicted octanol–water partition coefficient (Wildman–Crippen LogP) is 4.01. The molecule has 1 aromatic carbocycles. The van der Waals surface area contributed by atoms with Gasteiger partial charge in [0.05, 0.1) is 6.10 Å². The fraction of sp³-hybridized carbons (Fsp3) is 0.682. The number of methoxy groups -OCH3 is 1. The molecule has 2 N–H and O–H groups in total. The van der Waals surface area contributed by atoms with E-state index < -0.39 is 5.72 Å². The monoisotopic (exact) mass is 388 g/mol. The number of rotatable bonds is 4. The van der Waals surface area contributed by atoms with Gasteiger partial charge in [-0.3, -0.25) is 0 Å². The Morgan fingerprint density at radius 2 is 2.07 bits per heavy atom. The largest absolute Gasteiger partial charge is 0.381 e. The third-order valence-corrected chi connectivity index (χ3v) is 7.12. The molecular formula is C22H32N2O2S. The second kappa shape index (κ2) is 7.34. The number of aryl methyl sites for hydroxylation is 1. The van der Waals surface area contributed by atoms with Crippen molar-refractivity contribution in [2.45, 2.75) is 70.6 Å². The van der Waals surface area contributed by atoms with Crippen LogP contribution >= 0.6 is 12.2 Å².